The van der Waals surface area contributed by atoms with Gasteiger partial charge in [0.05, 0.1) is 0 Å². The van der Waals surface area contributed by atoms with Gasteiger partial charge in [0.25, 0.3) is 5.91 Å². The Morgan fingerprint density at radius 2 is 1.89 bits per heavy atom. The molecule has 0 aliphatic carbocycles. The second kappa shape index (κ2) is 7.68. The second-order valence-electron chi connectivity index (χ2n) is 4.02. The Morgan fingerprint density at radius 1 is 1.26 bits per heavy atom. The fourth-order valence-corrected chi connectivity index (χ4v) is 1.62. The number of carbonyl (C=O) groups excluding carboxylic acids is 1. The van der Waals surface area contributed by atoms with E-state index in [1.165, 1.54) is 7.05 Å². The van der Waals surface area contributed by atoms with Gasteiger partial charge in [0.1, 0.15) is 17.3 Å². The number of hydrogen-bond acceptors (Lipinski definition) is 3. The SMILES string of the molecule is CNc1c(F)cc(C(=O)NCCCCOC)cc1F. The Bertz CT molecular complexity index is 416. The zero-order valence-electron chi connectivity index (χ0n) is 11.1. The Kier molecular flexibility index (Phi) is 6.21. The van der Waals surface area contributed by atoms with E-state index in [9.17, 15) is 13.6 Å². The van der Waals surface area contributed by atoms with Crippen molar-refractivity contribution in [2.45, 2.75) is 12.8 Å². The highest BCUT2D eigenvalue weighted by Crippen LogP contribution is 2.20. The highest BCUT2D eigenvalue weighted by molar-refractivity contribution is 5.94. The Balaban J connectivity index is 2.58. The molecular weight excluding hydrogens is 254 g/mol. The summed E-state index contributed by atoms with van der Waals surface area (Å²) in [7, 11) is 3.02. The minimum absolute atomic E-state index is 0.0271. The van der Waals surface area contributed by atoms with Crippen LogP contribution in [0.1, 0.15) is 23.2 Å². The normalized spacial score (nSPS) is 10.3. The van der Waals surface area contributed by atoms with Gasteiger partial charge in [-0.1, -0.05) is 0 Å². The van der Waals surface area contributed by atoms with Crippen molar-refractivity contribution in [1.82, 2.24) is 5.32 Å². The number of halogens is 2. The molecule has 1 amide bonds. The third-order valence-corrected chi connectivity index (χ3v) is 2.62. The van der Waals surface area contributed by atoms with Gasteiger partial charge >= 0.3 is 0 Å². The second-order valence-corrected chi connectivity index (χ2v) is 4.02. The number of unbranched alkanes of at least 4 members (excludes halogenated alkanes) is 1. The summed E-state index contributed by atoms with van der Waals surface area (Å²) in [6.07, 6.45) is 1.57. The summed E-state index contributed by atoms with van der Waals surface area (Å²) < 4.78 is 31.8. The van der Waals surface area contributed by atoms with Crippen LogP contribution in [0.15, 0.2) is 12.1 Å². The number of anilines is 1. The zero-order chi connectivity index (χ0) is 14.3. The molecule has 1 rings (SSSR count). The van der Waals surface area contributed by atoms with Crippen LogP contribution in [-0.2, 0) is 4.74 Å². The summed E-state index contributed by atoms with van der Waals surface area (Å²) in [6.45, 7) is 1.06. The molecule has 0 aromatic heterocycles. The Hall–Kier alpha value is -1.69. The Labute approximate surface area is 111 Å². The predicted octanol–water partition coefficient (Wildman–Crippen LogP) is 2.16. The van der Waals surface area contributed by atoms with Crippen molar-refractivity contribution in [1.29, 1.82) is 0 Å². The largest absolute Gasteiger partial charge is 0.385 e. The summed E-state index contributed by atoms with van der Waals surface area (Å²) >= 11 is 0. The minimum Gasteiger partial charge on any atom is -0.385 e. The maximum Gasteiger partial charge on any atom is 0.251 e. The van der Waals surface area contributed by atoms with Crippen molar-refractivity contribution in [3.63, 3.8) is 0 Å². The molecule has 0 saturated heterocycles. The summed E-state index contributed by atoms with van der Waals surface area (Å²) in [4.78, 5) is 11.7. The summed E-state index contributed by atoms with van der Waals surface area (Å²) in [6, 6.07) is 2.03. The van der Waals surface area contributed by atoms with Crippen LogP contribution in [0.3, 0.4) is 0 Å². The maximum atomic E-state index is 13.5. The van der Waals surface area contributed by atoms with Crippen molar-refractivity contribution in [2.75, 3.05) is 32.6 Å². The molecule has 2 N–H and O–H groups in total. The summed E-state index contributed by atoms with van der Waals surface area (Å²) in [5.41, 5.74) is -0.266. The Morgan fingerprint density at radius 3 is 2.42 bits per heavy atom. The lowest BCUT2D eigenvalue weighted by Gasteiger charge is -2.08. The van der Waals surface area contributed by atoms with Crippen LogP contribution in [0.4, 0.5) is 14.5 Å². The van der Waals surface area contributed by atoms with E-state index in [2.05, 4.69) is 10.6 Å². The topological polar surface area (TPSA) is 50.4 Å². The molecule has 0 heterocycles. The molecule has 0 bridgehead atoms. The molecule has 19 heavy (non-hydrogen) atoms. The smallest absolute Gasteiger partial charge is 0.251 e. The molecule has 0 aliphatic heterocycles. The lowest BCUT2D eigenvalue weighted by molar-refractivity contribution is 0.0950. The van der Waals surface area contributed by atoms with Gasteiger partial charge in [-0.15, -0.1) is 0 Å². The van der Waals surface area contributed by atoms with Crippen LogP contribution >= 0.6 is 0 Å². The number of methoxy groups -OCH3 is 1. The van der Waals surface area contributed by atoms with Gasteiger partial charge in [-0.05, 0) is 25.0 Å². The molecule has 1 aromatic carbocycles. The van der Waals surface area contributed by atoms with E-state index in [0.717, 1.165) is 25.0 Å². The summed E-state index contributed by atoms with van der Waals surface area (Å²) in [5, 5.41) is 5.00. The molecule has 0 atom stereocenters. The molecular formula is C13H18F2N2O2. The molecule has 0 radical (unpaired) electrons. The lowest BCUT2D eigenvalue weighted by atomic mass is 10.1. The van der Waals surface area contributed by atoms with Crippen LogP contribution in [0.5, 0.6) is 0 Å². The van der Waals surface area contributed by atoms with Gasteiger partial charge < -0.3 is 15.4 Å². The first-order valence-electron chi connectivity index (χ1n) is 6.04. The van der Waals surface area contributed by atoms with Crippen molar-refractivity contribution in [3.05, 3.63) is 29.3 Å². The molecule has 106 valence electrons. The van der Waals surface area contributed by atoms with Gasteiger partial charge in [0, 0.05) is 32.9 Å². The highest BCUT2D eigenvalue weighted by atomic mass is 19.1. The zero-order valence-corrected chi connectivity index (χ0v) is 11.1. The van der Waals surface area contributed by atoms with Gasteiger partial charge in [-0.2, -0.15) is 0 Å². The third-order valence-electron chi connectivity index (χ3n) is 2.62. The highest BCUT2D eigenvalue weighted by Gasteiger charge is 2.13. The average molecular weight is 272 g/mol. The van der Waals surface area contributed by atoms with E-state index >= 15 is 0 Å². The molecule has 0 aliphatic rings. The average Bonchev–Trinajstić information content (AvgIpc) is 2.38. The summed E-state index contributed by atoms with van der Waals surface area (Å²) in [5.74, 6) is -2.06. The minimum atomic E-state index is -0.785. The van der Waals surface area contributed by atoms with Crippen molar-refractivity contribution in [3.8, 4) is 0 Å². The fourth-order valence-electron chi connectivity index (χ4n) is 1.62. The van der Waals surface area contributed by atoms with E-state index in [1.54, 1.807) is 7.11 Å². The van der Waals surface area contributed by atoms with Crippen LogP contribution in [0.25, 0.3) is 0 Å². The first-order chi connectivity index (χ1) is 9.10. The number of rotatable bonds is 7. The van der Waals surface area contributed by atoms with Gasteiger partial charge in [-0.3, -0.25) is 4.79 Å². The standard InChI is InChI=1S/C13H18F2N2O2/c1-16-12-10(14)7-9(8-11(12)15)13(18)17-5-3-4-6-19-2/h7-8,16H,3-6H2,1-2H3,(H,17,18). The number of nitrogens with one attached hydrogen (secondary N) is 2. The van der Waals surface area contributed by atoms with Crippen molar-refractivity contribution >= 4 is 11.6 Å². The number of ether oxygens (including phenoxy) is 1. The van der Waals surface area contributed by atoms with Crippen molar-refractivity contribution in [2.24, 2.45) is 0 Å². The van der Waals surface area contributed by atoms with Gasteiger partial charge in [0.15, 0.2) is 0 Å². The van der Waals surface area contributed by atoms with Crippen LogP contribution < -0.4 is 10.6 Å². The van der Waals surface area contributed by atoms with E-state index in [4.69, 9.17) is 4.74 Å². The third kappa shape index (κ3) is 4.48. The number of benzene rings is 1. The molecule has 0 fully saturated rings. The molecule has 1 aromatic rings. The molecule has 6 heteroatoms. The fraction of sp³-hybridized carbons (Fsp3) is 0.462. The number of carbonyl (C=O) groups is 1. The van der Waals surface area contributed by atoms with E-state index in [1.807, 2.05) is 0 Å². The molecule has 4 nitrogen and oxygen atoms in total. The molecule has 0 saturated carbocycles. The van der Waals surface area contributed by atoms with E-state index < -0.39 is 17.5 Å². The molecule has 0 spiro atoms. The molecule has 0 unspecified atom stereocenters. The predicted molar refractivity (Wildman–Crippen MR) is 69.3 cm³/mol. The quantitative estimate of drug-likeness (QED) is 0.748. The van der Waals surface area contributed by atoms with Crippen LogP contribution in [0.2, 0.25) is 0 Å². The first-order valence-corrected chi connectivity index (χ1v) is 6.04. The van der Waals surface area contributed by atoms with Crippen LogP contribution in [-0.4, -0.2) is 33.2 Å². The van der Waals surface area contributed by atoms with Gasteiger partial charge in [-0.25, -0.2) is 8.78 Å². The van der Waals surface area contributed by atoms with E-state index in [0.29, 0.717) is 13.2 Å². The van der Waals surface area contributed by atoms with Crippen molar-refractivity contribution < 1.29 is 18.3 Å². The number of amides is 1. The lowest BCUT2D eigenvalue weighted by Crippen LogP contribution is -2.25. The number of hydrogen-bond donors (Lipinski definition) is 2. The van der Waals surface area contributed by atoms with Gasteiger partial charge in [0.2, 0.25) is 0 Å². The monoisotopic (exact) mass is 272 g/mol. The first kappa shape index (κ1) is 15.4. The maximum absolute atomic E-state index is 13.5. The van der Waals surface area contributed by atoms with E-state index in [-0.39, 0.29) is 11.3 Å². The van der Waals surface area contributed by atoms with Crippen LogP contribution in [0, 0.1) is 11.6 Å².